The van der Waals surface area contributed by atoms with Crippen molar-refractivity contribution in [1.29, 1.82) is 0 Å². The first kappa shape index (κ1) is 15.3. The van der Waals surface area contributed by atoms with Gasteiger partial charge in [0.05, 0.1) is 5.41 Å². The topological polar surface area (TPSA) is 96.2 Å². The van der Waals surface area contributed by atoms with E-state index in [0.29, 0.717) is 17.9 Å². The maximum atomic E-state index is 12.6. The number of carbonyl (C=O) groups excluding carboxylic acids is 2. The number of benzene rings is 1. The van der Waals surface area contributed by atoms with Crippen molar-refractivity contribution in [3.05, 3.63) is 24.3 Å². The standard InChI is InChI=1S/C15H22N4O2/c1-2-6-15(7-8-17-10-15)13(20)18-11-4-3-5-12(9-11)19-14(16)21/h3-5,9,17H,2,6-8,10H2,1H3,(H,18,20)(H3,16,19,21). The maximum absolute atomic E-state index is 12.6. The minimum Gasteiger partial charge on any atom is -0.351 e. The molecule has 0 spiro atoms. The lowest BCUT2D eigenvalue weighted by Crippen LogP contribution is -2.38. The highest BCUT2D eigenvalue weighted by atomic mass is 16.2. The van der Waals surface area contributed by atoms with Gasteiger partial charge in [-0.25, -0.2) is 4.79 Å². The predicted octanol–water partition coefficient (Wildman–Crippen LogP) is 1.90. The second-order valence-electron chi connectivity index (χ2n) is 5.48. The second-order valence-corrected chi connectivity index (χ2v) is 5.48. The smallest absolute Gasteiger partial charge is 0.316 e. The van der Waals surface area contributed by atoms with Crippen LogP contribution in [-0.2, 0) is 4.79 Å². The Balaban J connectivity index is 2.09. The molecule has 6 heteroatoms. The molecule has 1 aliphatic heterocycles. The second kappa shape index (κ2) is 6.58. The Kier molecular flexibility index (Phi) is 4.80. The van der Waals surface area contributed by atoms with E-state index >= 15 is 0 Å². The van der Waals surface area contributed by atoms with E-state index in [1.807, 2.05) is 0 Å². The van der Waals surface area contributed by atoms with Gasteiger partial charge in [-0.15, -0.1) is 0 Å². The van der Waals surface area contributed by atoms with Crippen LogP contribution >= 0.6 is 0 Å². The minimum atomic E-state index is -0.624. The summed E-state index contributed by atoms with van der Waals surface area (Å²) in [5.41, 5.74) is 5.98. The molecule has 6 nitrogen and oxygen atoms in total. The molecule has 0 radical (unpaired) electrons. The van der Waals surface area contributed by atoms with Gasteiger partial charge in [-0.2, -0.15) is 0 Å². The monoisotopic (exact) mass is 290 g/mol. The molecule has 0 saturated carbocycles. The predicted molar refractivity (Wildman–Crippen MR) is 83.1 cm³/mol. The maximum Gasteiger partial charge on any atom is 0.316 e. The van der Waals surface area contributed by atoms with Crippen LogP contribution in [-0.4, -0.2) is 25.0 Å². The number of nitrogens with one attached hydrogen (secondary N) is 3. The van der Waals surface area contributed by atoms with Crippen LogP contribution in [0.3, 0.4) is 0 Å². The van der Waals surface area contributed by atoms with Crippen LogP contribution in [0.4, 0.5) is 16.2 Å². The molecule has 2 rings (SSSR count). The Bertz CT molecular complexity index is 524. The number of rotatable bonds is 5. The zero-order valence-electron chi connectivity index (χ0n) is 12.2. The Morgan fingerprint density at radius 2 is 2.05 bits per heavy atom. The Morgan fingerprint density at radius 3 is 2.62 bits per heavy atom. The Hall–Kier alpha value is -2.08. The van der Waals surface area contributed by atoms with Gasteiger partial charge in [-0.3, -0.25) is 4.79 Å². The summed E-state index contributed by atoms with van der Waals surface area (Å²) in [4.78, 5) is 23.5. The first-order chi connectivity index (χ1) is 10.1. The summed E-state index contributed by atoms with van der Waals surface area (Å²) in [6, 6.07) is 6.36. The minimum absolute atomic E-state index is 0.0329. The van der Waals surface area contributed by atoms with Crippen LogP contribution in [0.1, 0.15) is 26.2 Å². The van der Waals surface area contributed by atoms with E-state index in [9.17, 15) is 9.59 Å². The van der Waals surface area contributed by atoms with Gasteiger partial charge in [0, 0.05) is 17.9 Å². The molecule has 1 aromatic carbocycles. The molecule has 1 unspecified atom stereocenters. The van der Waals surface area contributed by atoms with Gasteiger partial charge in [-0.1, -0.05) is 19.4 Å². The van der Waals surface area contributed by atoms with Gasteiger partial charge in [0.1, 0.15) is 0 Å². The third-order valence-electron chi connectivity index (χ3n) is 3.84. The average Bonchev–Trinajstić information content (AvgIpc) is 2.88. The van der Waals surface area contributed by atoms with E-state index < -0.39 is 6.03 Å². The summed E-state index contributed by atoms with van der Waals surface area (Å²) < 4.78 is 0. The summed E-state index contributed by atoms with van der Waals surface area (Å²) in [7, 11) is 0. The summed E-state index contributed by atoms with van der Waals surface area (Å²) in [6.07, 6.45) is 2.69. The molecule has 1 aromatic rings. The fourth-order valence-corrected chi connectivity index (χ4v) is 2.82. The highest BCUT2D eigenvalue weighted by Crippen LogP contribution is 2.32. The Labute approximate surface area is 124 Å². The van der Waals surface area contributed by atoms with E-state index in [0.717, 1.165) is 25.8 Å². The third-order valence-corrected chi connectivity index (χ3v) is 3.84. The highest BCUT2D eigenvalue weighted by molar-refractivity contribution is 5.96. The lowest BCUT2D eigenvalue weighted by atomic mass is 9.81. The quantitative estimate of drug-likeness (QED) is 0.667. The van der Waals surface area contributed by atoms with Crippen molar-refractivity contribution < 1.29 is 9.59 Å². The molecule has 0 aliphatic carbocycles. The lowest BCUT2D eigenvalue weighted by molar-refractivity contribution is -0.125. The van der Waals surface area contributed by atoms with Crippen LogP contribution in [0, 0.1) is 5.41 Å². The number of urea groups is 1. The van der Waals surface area contributed by atoms with Gasteiger partial charge in [0.2, 0.25) is 5.91 Å². The van der Waals surface area contributed by atoms with Crippen molar-refractivity contribution in [2.45, 2.75) is 26.2 Å². The Morgan fingerprint density at radius 1 is 1.33 bits per heavy atom. The van der Waals surface area contributed by atoms with Crippen LogP contribution in [0.25, 0.3) is 0 Å². The molecular formula is C15H22N4O2. The van der Waals surface area contributed by atoms with Crippen molar-refractivity contribution in [2.75, 3.05) is 23.7 Å². The number of anilines is 2. The lowest BCUT2D eigenvalue weighted by Gasteiger charge is -2.26. The van der Waals surface area contributed by atoms with Crippen LogP contribution in [0.2, 0.25) is 0 Å². The number of primary amides is 1. The molecule has 1 atom stereocenters. The number of hydrogen-bond acceptors (Lipinski definition) is 3. The zero-order valence-corrected chi connectivity index (χ0v) is 12.2. The molecule has 5 N–H and O–H groups in total. The molecule has 1 fully saturated rings. The number of hydrogen-bond donors (Lipinski definition) is 4. The summed E-state index contributed by atoms with van der Waals surface area (Å²) in [6.45, 7) is 3.67. The van der Waals surface area contributed by atoms with Crippen molar-refractivity contribution in [2.24, 2.45) is 11.1 Å². The van der Waals surface area contributed by atoms with Crippen molar-refractivity contribution in [3.8, 4) is 0 Å². The summed E-state index contributed by atoms with van der Waals surface area (Å²) in [5.74, 6) is 0.0329. The molecule has 1 aliphatic rings. The van der Waals surface area contributed by atoms with E-state index in [-0.39, 0.29) is 11.3 Å². The average molecular weight is 290 g/mol. The fourth-order valence-electron chi connectivity index (χ4n) is 2.82. The van der Waals surface area contributed by atoms with Crippen LogP contribution in [0.15, 0.2) is 24.3 Å². The van der Waals surface area contributed by atoms with E-state index in [4.69, 9.17) is 5.73 Å². The number of amides is 3. The molecule has 1 saturated heterocycles. The van der Waals surface area contributed by atoms with Gasteiger partial charge >= 0.3 is 6.03 Å². The third kappa shape index (κ3) is 3.72. The van der Waals surface area contributed by atoms with Crippen molar-refractivity contribution in [1.82, 2.24) is 5.32 Å². The first-order valence-electron chi connectivity index (χ1n) is 7.24. The van der Waals surface area contributed by atoms with E-state index in [2.05, 4.69) is 22.9 Å². The van der Waals surface area contributed by atoms with Gasteiger partial charge in [-0.05, 0) is 37.6 Å². The van der Waals surface area contributed by atoms with Crippen molar-refractivity contribution >= 4 is 23.3 Å². The summed E-state index contributed by atoms with van der Waals surface area (Å²) in [5, 5.41) is 8.72. The largest absolute Gasteiger partial charge is 0.351 e. The van der Waals surface area contributed by atoms with Crippen LogP contribution in [0.5, 0.6) is 0 Å². The first-order valence-corrected chi connectivity index (χ1v) is 7.24. The highest BCUT2D eigenvalue weighted by Gasteiger charge is 2.40. The molecule has 3 amide bonds. The van der Waals surface area contributed by atoms with Crippen LogP contribution < -0.4 is 21.7 Å². The summed E-state index contributed by atoms with van der Waals surface area (Å²) >= 11 is 0. The molecule has 0 aromatic heterocycles. The molecule has 114 valence electrons. The number of carbonyl (C=O) groups is 2. The molecule has 21 heavy (non-hydrogen) atoms. The van der Waals surface area contributed by atoms with Gasteiger partial charge in [0.25, 0.3) is 0 Å². The SMILES string of the molecule is CCCC1(C(=O)Nc2cccc(NC(N)=O)c2)CCNC1. The molecule has 0 bridgehead atoms. The van der Waals surface area contributed by atoms with E-state index in [1.165, 1.54) is 0 Å². The fraction of sp³-hybridized carbons (Fsp3) is 0.467. The van der Waals surface area contributed by atoms with E-state index in [1.54, 1.807) is 24.3 Å². The molecule has 1 heterocycles. The van der Waals surface area contributed by atoms with Crippen molar-refractivity contribution in [3.63, 3.8) is 0 Å². The van der Waals surface area contributed by atoms with Gasteiger partial charge < -0.3 is 21.7 Å². The number of nitrogens with two attached hydrogens (primary N) is 1. The normalized spacial score (nSPS) is 21.0. The van der Waals surface area contributed by atoms with Gasteiger partial charge in [0.15, 0.2) is 0 Å². The zero-order chi connectivity index (χ0) is 15.3. The molecular weight excluding hydrogens is 268 g/mol.